The molecule has 0 saturated carbocycles. The highest BCUT2D eigenvalue weighted by molar-refractivity contribution is 7.09. The van der Waals surface area contributed by atoms with E-state index in [-0.39, 0.29) is 11.9 Å². The first kappa shape index (κ1) is 15.3. The third-order valence-corrected chi connectivity index (χ3v) is 4.23. The summed E-state index contributed by atoms with van der Waals surface area (Å²) in [6.45, 7) is 8.16. The zero-order valence-electron chi connectivity index (χ0n) is 12.2. The summed E-state index contributed by atoms with van der Waals surface area (Å²) in [6.07, 6.45) is 1.66. The van der Waals surface area contributed by atoms with Gasteiger partial charge in [-0.3, -0.25) is 4.79 Å². The number of aromatic nitrogens is 1. The van der Waals surface area contributed by atoms with Crippen LogP contribution < -0.4 is 10.6 Å². The lowest BCUT2D eigenvalue weighted by molar-refractivity contribution is 0.0958. The van der Waals surface area contributed by atoms with Gasteiger partial charge in [0.25, 0.3) is 5.91 Å². The molecule has 2 N–H and O–H groups in total. The van der Waals surface area contributed by atoms with Crippen LogP contribution in [0.3, 0.4) is 0 Å². The Morgan fingerprint density at radius 3 is 2.71 bits per heavy atom. The highest BCUT2D eigenvalue weighted by Crippen LogP contribution is 2.25. The summed E-state index contributed by atoms with van der Waals surface area (Å²) in [5, 5.41) is 6.17. The van der Waals surface area contributed by atoms with Crippen LogP contribution in [0.1, 0.15) is 33.9 Å². The van der Waals surface area contributed by atoms with Gasteiger partial charge in [0.2, 0.25) is 0 Å². The molecular formula is C16H19N3OS. The van der Waals surface area contributed by atoms with Crippen LogP contribution >= 0.6 is 11.3 Å². The first-order valence-electron chi connectivity index (χ1n) is 6.77. The third kappa shape index (κ3) is 3.92. The molecule has 110 valence electrons. The number of rotatable bonds is 6. The van der Waals surface area contributed by atoms with E-state index in [4.69, 9.17) is 0 Å². The lowest BCUT2D eigenvalue weighted by Crippen LogP contribution is -2.23. The van der Waals surface area contributed by atoms with Gasteiger partial charge < -0.3 is 10.6 Å². The van der Waals surface area contributed by atoms with E-state index >= 15 is 0 Å². The number of anilines is 1. The minimum absolute atomic E-state index is 0.0900. The van der Waals surface area contributed by atoms with Crippen LogP contribution in [-0.4, -0.2) is 17.4 Å². The van der Waals surface area contributed by atoms with Crippen molar-refractivity contribution in [2.24, 2.45) is 0 Å². The molecule has 0 radical (unpaired) electrons. The lowest BCUT2D eigenvalue weighted by Gasteiger charge is -2.14. The van der Waals surface area contributed by atoms with E-state index in [9.17, 15) is 4.79 Å². The fourth-order valence-electron chi connectivity index (χ4n) is 2.03. The van der Waals surface area contributed by atoms with Crippen LogP contribution in [0.2, 0.25) is 0 Å². The zero-order chi connectivity index (χ0) is 15.2. The van der Waals surface area contributed by atoms with Crippen molar-refractivity contribution >= 4 is 22.9 Å². The molecule has 1 amide bonds. The molecule has 1 atom stereocenters. The van der Waals surface area contributed by atoms with Crippen molar-refractivity contribution in [2.45, 2.75) is 19.9 Å². The minimum Gasteiger partial charge on any atom is -0.378 e. The largest absolute Gasteiger partial charge is 0.378 e. The number of amides is 1. The van der Waals surface area contributed by atoms with Gasteiger partial charge in [-0.25, -0.2) is 4.98 Å². The number of carbonyl (C=O) groups is 1. The molecule has 0 aliphatic heterocycles. The molecule has 1 unspecified atom stereocenters. The first-order chi connectivity index (χ1) is 10.1. The summed E-state index contributed by atoms with van der Waals surface area (Å²) in [5.74, 6) is -0.0900. The zero-order valence-corrected chi connectivity index (χ0v) is 13.0. The predicted octanol–water partition coefficient (Wildman–Crippen LogP) is 3.54. The minimum atomic E-state index is -0.0900. The molecule has 1 aromatic carbocycles. The Bertz CT molecular complexity index is 619. The van der Waals surface area contributed by atoms with Gasteiger partial charge in [-0.2, -0.15) is 0 Å². The normalized spacial score (nSPS) is 11.7. The van der Waals surface area contributed by atoms with E-state index in [0.29, 0.717) is 12.1 Å². The Morgan fingerprint density at radius 2 is 2.14 bits per heavy atom. The Morgan fingerprint density at radius 1 is 1.43 bits per heavy atom. The molecule has 4 nitrogen and oxygen atoms in total. The Labute approximate surface area is 128 Å². The average molecular weight is 301 g/mol. The molecule has 1 aromatic heterocycles. The molecule has 2 rings (SSSR count). The number of benzene rings is 1. The van der Waals surface area contributed by atoms with E-state index < -0.39 is 0 Å². The molecular weight excluding hydrogens is 282 g/mol. The van der Waals surface area contributed by atoms with Gasteiger partial charge in [-0.15, -0.1) is 17.9 Å². The highest BCUT2D eigenvalue weighted by Gasteiger charge is 2.11. The van der Waals surface area contributed by atoms with Crippen molar-refractivity contribution in [3.63, 3.8) is 0 Å². The van der Waals surface area contributed by atoms with Gasteiger partial charge in [0.05, 0.1) is 17.2 Å². The van der Waals surface area contributed by atoms with Gasteiger partial charge in [0.15, 0.2) is 0 Å². The summed E-state index contributed by atoms with van der Waals surface area (Å²) in [5.41, 5.74) is 4.54. The Kier molecular flexibility index (Phi) is 5.11. The summed E-state index contributed by atoms with van der Waals surface area (Å²) in [4.78, 5) is 17.3. The van der Waals surface area contributed by atoms with E-state index in [1.807, 2.05) is 36.7 Å². The van der Waals surface area contributed by atoms with Crippen LogP contribution in [0.5, 0.6) is 0 Å². The van der Waals surface area contributed by atoms with Crippen LogP contribution in [-0.2, 0) is 0 Å². The molecule has 21 heavy (non-hydrogen) atoms. The van der Waals surface area contributed by atoms with Crippen molar-refractivity contribution < 1.29 is 4.79 Å². The van der Waals surface area contributed by atoms with Gasteiger partial charge in [-0.1, -0.05) is 6.08 Å². The Hall–Kier alpha value is -2.14. The lowest BCUT2D eigenvalue weighted by atomic mass is 10.1. The van der Waals surface area contributed by atoms with Gasteiger partial charge >= 0.3 is 0 Å². The molecule has 0 aliphatic rings. The maximum absolute atomic E-state index is 11.8. The van der Waals surface area contributed by atoms with Crippen LogP contribution in [0.4, 0.5) is 5.69 Å². The summed E-state index contributed by atoms with van der Waals surface area (Å²) in [7, 11) is 0. The summed E-state index contributed by atoms with van der Waals surface area (Å²) in [6, 6.07) is 7.64. The molecule has 1 heterocycles. The molecule has 5 heteroatoms. The van der Waals surface area contributed by atoms with Crippen LogP contribution in [0.25, 0.3) is 0 Å². The smallest absolute Gasteiger partial charge is 0.251 e. The number of hydrogen-bond acceptors (Lipinski definition) is 4. The predicted molar refractivity (Wildman–Crippen MR) is 87.9 cm³/mol. The average Bonchev–Trinajstić information content (AvgIpc) is 2.91. The topological polar surface area (TPSA) is 54.0 Å². The number of nitrogens with one attached hydrogen (secondary N) is 2. The van der Waals surface area contributed by atoms with Crippen molar-refractivity contribution in [1.29, 1.82) is 0 Å². The van der Waals surface area contributed by atoms with Gasteiger partial charge in [0, 0.05) is 22.7 Å². The first-order valence-corrected chi connectivity index (χ1v) is 7.65. The molecule has 0 spiro atoms. The number of aryl methyl sites for hydroxylation is 1. The van der Waals surface area contributed by atoms with Gasteiger partial charge in [0.1, 0.15) is 0 Å². The fraction of sp³-hybridized carbons (Fsp3) is 0.250. The fourth-order valence-corrected chi connectivity index (χ4v) is 2.84. The second-order valence-corrected chi connectivity index (χ2v) is 5.63. The summed E-state index contributed by atoms with van der Waals surface area (Å²) >= 11 is 1.65. The number of hydrogen-bond donors (Lipinski definition) is 2. The van der Waals surface area contributed by atoms with Crippen LogP contribution in [0, 0.1) is 6.92 Å². The number of nitrogens with zero attached hydrogens (tertiary/aromatic N) is 1. The number of thiazole rings is 1. The molecule has 0 aliphatic carbocycles. The third-order valence-electron chi connectivity index (χ3n) is 3.11. The van der Waals surface area contributed by atoms with E-state index in [1.165, 1.54) is 4.88 Å². The maximum atomic E-state index is 11.8. The quantitative estimate of drug-likeness (QED) is 0.802. The SMILES string of the molecule is C=CCNC(=O)c1ccc(NC(C)c2scnc2C)cc1. The van der Waals surface area contributed by atoms with Crippen molar-refractivity contribution in [3.05, 3.63) is 58.6 Å². The van der Waals surface area contributed by atoms with E-state index in [0.717, 1.165) is 11.4 Å². The second kappa shape index (κ2) is 7.04. The molecule has 0 fully saturated rings. The van der Waals surface area contributed by atoms with Gasteiger partial charge in [-0.05, 0) is 38.1 Å². The second-order valence-electron chi connectivity index (χ2n) is 4.74. The van der Waals surface area contributed by atoms with Crippen molar-refractivity contribution in [1.82, 2.24) is 10.3 Å². The number of carbonyl (C=O) groups excluding carboxylic acids is 1. The van der Waals surface area contributed by atoms with Crippen LogP contribution in [0.15, 0.2) is 42.4 Å². The highest BCUT2D eigenvalue weighted by atomic mass is 32.1. The Balaban J connectivity index is 2.01. The van der Waals surface area contributed by atoms with Crippen molar-refractivity contribution in [2.75, 3.05) is 11.9 Å². The molecule has 0 saturated heterocycles. The van der Waals surface area contributed by atoms with E-state index in [1.54, 1.807) is 17.4 Å². The van der Waals surface area contributed by atoms with Crippen molar-refractivity contribution in [3.8, 4) is 0 Å². The molecule has 0 bridgehead atoms. The van der Waals surface area contributed by atoms with E-state index in [2.05, 4.69) is 29.1 Å². The molecule has 2 aromatic rings. The summed E-state index contributed by atoms with van der Waals surface area (Å²) < 4.78 is 0. The monoisotopic (exact) mass is 301 g/mol. The standard InChI is InChI=1S/C16H19N3OS/c1-4-9-17-16(20)13-5-7-14(8-6-13)19-12(3)15-11(2)18-10-21-15/h4-8,10,12,19H,1,9H2,2-3H3,(H,17,20). The maximum Gasteiger partial charge on any atom is 0.251 e.